The number of rotatable bonds is 3. The molecule has 2 unspecified atom stereocenters. The van der Waals surface area contributed by atoms with Gasteiger partial charge in [0.25, 0.3) is 0 Å². The van der Waals surface area contributed by atoms with E-state index in [1.165, 1.54) is 40.4 Å². The Kier molecular flexibility index (Phi) is 4.88. The zero-order valence-corrected chi connectivity index (χ0v) is 14.9. The number of benzene rings is 1. The van der Waals surface area contributed by atoms with E-state index in [-0.39, 0.29) is 11.6 Å². The zero-order chi connectivity index (χ0) is 14.9. The first kappa shape index (κ1) is 15.7. The average molecular weight is 400 g/mol. The van der Waals surface area contributed by atoms with Gasteiger partial charge >= 0.3 is 0 Å². The fraction of sp³-hybridized carbons (Fsp3) is 0.647. The molecular weight excluding hydrogens is 375 g/mol. The molecule has 0 amide bonds. The molecule has 116 valence electrons. The maximum Gasteiger partial charge on any atom is 0.0686 e. The minimum atomic E-state index is 0.146. The number of nitrogens with two attached hydrogens (primary N) is 1. The van der Waals surface area contributed by atoms with E-state index >= 15 is 0 Å². The first-order chi connectivity index (χ1) is 10.2. The van der Waals surface area contributed by atoms with Gasteiger partial charge in [0.15, 0.2) is 0 Å². The average Bonchev–Trinajstić information content (AvgIpc) is 2.92. The van der Waals surface area contributed by atoms with Gasteiger partial charge in [-0.3, -0.25) is 11.3 Å². The van der Waals surface area contributed by atoms with Gasteiger partial charge in [0.05, 0.1) is 11.6 Å². The SMILES string of the molecule is Cc1cccc(C(NN)C2CCOC3(CCCC3)C2)c1I. The van der Waals surface area contributed by atoms with Crippen molar-refractivity contribution in [1.82, 2.24) is 5.43 Å². The number of hydrogen-bond acceptors (Lipinski definition) is 3. The van der Waals surface area contributed by atoms with Crippen molar-refractivity contribution in [2.75, 3.05) is 6.61 Å². The summed E-state index contributed by atoms with van der Waals surface area (Å²) < 4.78 is 7.51. The Hall–Kier alpha value is -0.170. The van der Waals surface area contributed by atoms with Crippen molar-refractivity contribution in [3.8, 4) is 0 Å². The number of hydrogen-bond donors (Lipinski definition) is 2. The quantitative estimate of drug-likeness (QED) is 0.461. The highest BCUT2D eigenvalue weighted by Crippen LogP contribution is 2.45. The highest BCUT2D eigenvalue weighted by atomic mass is 127. The number of ether oxygens (including phenoxy) is 1. The van der Waals surface area contributed by atoms with E-state index in [9.17, 15) is 0 Å². The van der Waals surface area contributed by atoms with Crippen LogP contribution in [0.1, 0.15) is 55.7 Å². The van der Waals surface area contributed by atoms with E-state index in [2.05, 4.69) is 53.1 Å². The van der Waals surface area contributed by atoms with Crippen LogP contribution < -0.4 is 11.3 Å². The summed E-state index contributed by atoms with van der Waals surface area (Å²) >= 11 is 2.45. The molecule has 1 aliphatic carbocycles. The van der Waals surface area contributed by atoms with Crippen molar-refractivity contribution in [2.24, 2.45) is 11.8 Å². The van der Waals surface area contributed by atoms with Crippen molar-refractivity contribution >= 4 is 22.6 Å². The minimum Gasteiger partial charge on any atom is -0.375 e. The summed E-state index contributed by atoms with van der Waals surface area (Å²) in [5.74, 6) is 6.51. The molecule has 2 fully saturated rings. The zero-order valence-electron chi connectivity index (χ0n) is 12.7. The van der Waals surface area contributed by atoms with Crippen LogP contribution in [0, 0.1) is 16.4 Å². The molecule has 2 aliphatic rings. The second-order valence-corrected chi connectivity index (χ2v) is 7.69. The van der Waals surface area contributed by atoms with Gasteiger partial charge in [0.2, 0.25) is 0 Å². The van der Waals surface area contributed by atoms with Crippen LogP contribution >= 0.6 is 22.6 Å². The monoisotopic (exact) mass is 400 g/mol. The normalized spacial score (nSPS) is 26.1. The molecule has 1 aromatic carbocycles. The fourth-order valence-electron chi connectivity index (χ4n) is 4.11. The summed E-state index contributed by atoms with van der Waals surface area (Å²) in [5.41, 5.74) is 5.92. The summed E-state index contributed by atoms with van der Waals surface area (Å²) in [4.78, 5) is 0. The van der Waals surface area contributed by atoms with E-state index in [1.54, 1.807) is 0 Å². The Balaban J connectivity index is 1.84. The Morgan fingerprint density at radius 3 is 2.86 bits per heavy atom. The minimum absolute atomic E-state index is 0.146. The molecule has 3 N–H and O–H groups in total. The van der Waals surface area contributed by atoms with Crippen molar-refractivity contribution in [2.45, 2.75) is 57.1 Å². The summed E-state index contributed by atoms with van der Waals surface area (Å²) in [6.07, 6.45) is 7.33. The van der Waals surface area contributed by atoms with Crippen LogP contribution in [0.15, 0.2) is 18.2 Å². The van der Waals surface area contributed by atoms with Crippen LogP contribution in [0.2, 0.25) is 0 Å². The van der Waals surface area contributed by atoms with Gasteiger partial charge in [0.1, 0.15) is 0 Å². The Labute approximate surface area is 141 Å². The topological polar surface area (TPSA) is 47.3 Å². The number of halogens is 1. The van der Waals surface area contributed by atoms with E-state index in [0.29, 0.717) is 5.92 Å². The molecule has 2 atom stereocenters. The lowest BCUT2D eigenvalue weighted by molar-refractivity contribution is -0.0982. The molecule has 21 heavy (non-hydrogen) atoms. The fourth-order valence-corrected chi connectivity index (χ4v) is 4.80. The van der Waals surface area contributed by atoms with Crippen LogP contribution in [-0.2, 0) is 4.74 Å². The van der Waals surface area contributed by atoms with Crippen LogP contribution in [0.3, 0.4) is 0 Å². The van der Waals surface area contributed by atoms with Gasteiger partial charge in [-0.15, -0.1) is 0 Å². The molecule has 1 saturated heterocycles. The number of aryl methyl sites for hydroxylation is 1. The van der Waals surface area contributed by atoms with Crippen molar-refractivity contribution in [3.05, 3.63) is 32.9 Å². The van der Waals surface area contributed by atoms with Crippen LogP contribution in [0.25, 0.3) is 0 Å². The molecule has 0 aromatic heterocycles. The third-order valence-corrected chi connectivity index (χ3v) is 6.73. The van der Waals surface area contributed by atoms with Crippen LogP contribution in [0.4, 0.5) is 0 Å². The largest absolute Gasteiger partial charge is 0.375 e. The van der Waals surface area contributed by atoms with Crippen molar-refractivity contribution in [1.29, 1.82) is 0 Å². The van der Waals surface area contributed by atoms with Gasteiger partial charge < -0.3 is 4.74 Å². The lowest BCUT2D eigenvalue weighted by Crippen LogP contribution is -2.43. The van der Waals surface area contributed by atoms with Crippen LogP contribution in [0.5, 0.6) is 0 Å². The Morgan fingerprint density at radius 2 is 2.14 bits per heavy atom. The third-order valence-electron chi connectivity index (χ3n) is 5.25. The van der Waals surface area contributed by atoms with E-state index in [1.807, 2.05) is 0 Å². The predicted molar refractivity (Wildman–Crippen MR) is 93.8 cm³/mol. The molecule has 1 aliphatic heterocycles. The van der Waals surface area contributed by atoms with E-state index in [4.69, 9.17) is 10.6 Å². The molecule has 1 aromatic rings. The van der Waals surface area contributed by atoms with Crippen molar-refractivity contribution in [3.63, 3.8) is 0 Å². The maximum atomic E-state index is 6.17. The molecule has 1 spiro atoms. The van der Waals surface area contributed by atoms with E-state index < -0.39 is 0 Å². The summed E-state index contributed by atoms with van der Waals surface area (Å²) in [5, 5.41) is 0. The summed E-state index contributed by atoms with van der Waals surface area (Å²) in [6, 6.07) is 6.76. The molecule has 3 rings (SSSR count). The van der Waals surface area contributed by atoms with Gasteiger partial charge in [-0.1, -0.05) is 31.0 Å². The lowest BCUT2D eigenvalue weighted by atomic mass is 9.78. The first-order valence-electron chi connectivity index (χ1n) is 8.00. The molecule has 4 heteroatoms. The van der Waals surface area contributed by atoms with E-state index in [0.717, 1.165) is 19.4 Å². The smallest absolute Gasteiger partial charge is 0.0686 e. The second-order valence-electron chi connectivity index (χ2n) is 6.61. The highest BCUT2D eigenvalue weighted by Gasteiger charge is 2.42. The summed E-state index contributed by atoms with van der Waals surface area (Å²) in [7, 11) is 0. The van der Waals surface area contributed by atoms with Gasteiger partial charge in [-0.05, 0) is 72.2 Å². The third kappa shape index (κ3) is 3.14. The van der Waals surface area contributed by atoms with Gasteiger partial charge in [-0.25, -0.2) is 0 Å². The van der Waals surface area contributed by atoms with Crippen LogP contribution in [-0.4, -0.2) is 12.2 Å². The summed E-state index contributed by atoms with van der Waals surface area (Å²) in [6.45, 7) is 3.05. The van der Waals surface area contributed by atoms with Crippen molar-refractivity contribution < 1.29 is 4.74 Å². The molecule has 1 saturated carbocycles. The molecule has 1 heterocycles. The van der Waals surface area contributed by atoms with Gasteiger partial charge in [0, 0.05) is 10.2 Å². The molecular formula is C17H25IN2O. The predicted octanol–water partition coefficient (Wildman–Crippen LogP) is 3.84. The first-order valence-corrected chi connectivity index (χ1v) is 9.08. The highest BCUT2D eigenvalue weighted by molar-refractivity contribution is 14.1. The Bertz CT molecular complexity index is 500. The number of nitrogens with one attached hydrogen (secondary N) is 1. The second kappa shape index (κ2) is 6.52. The lowest BCUT2D eigenvalue weighted by Gasteiger charge is -2.41. The van der Waals surface area contributed by atoms with Gasteiger partial charge in [-0.2, -0.15) is 0 Å². The molecule has 3 nitrogen and oxygen atoms in total. The standard InChI is InChI=1S/C17H25IN2O/c1-12-5-4-6-14(15(12)18)16(20-19)13-7-10-21-17(11-13)8-2-3-9-17/h4-6,13,16,20H,2-3,7-11,19H2,1H3. The molecule has 0 radical (unpaired) electrons. The number of hydrazine groups is 1. The maximum absolute atomic E-state index is 6.17. The Morgan fingerprint density at radius 1 is 1.38 bits per heavy atom. The molecule has 0 bridgehead atoms.